The van der Waals surface area contributed by atoms with Gasteiger partial charge >= 0.3 is 0 Å². The molecular weight excluding hydrogens is 299 g/mol. The predicted molar refractivity (Wildman–Crippen MR) is 99.4 cm³/mol. The van der Waals surface area contributed by atoms with E-state index in [1.165, 1.54) is 55.8 Å². The first-order chi connectivity index (χ1) is 11.4. The van der Waals surface area contributed by atoms with Gasteiger partial charge in [0.1, 0.15) is 0 Å². The second-order valence-corrected chi connectivity index (χ2v) is 9.27. The summed E-state index contributed by atoms with van der Waals surface area (Å²) in [6.45, 7) is 0. The first-order valence-corrected chi connectivity index (χ1v) is 10.7. The van der Waals surface area contributed by atoms with Crippen molar-refractivity contribution in [3.8, 4) is 0 Å². The Labute approximate surface area is 141 Å². The lowest BCUT2D eigenvalue weighted by Gasteiger charge is -2.31. The maximum Gasteiger partial charge on any atom is 0.0407 e. The zero-order chi connectivity index (χ0) is 15.7. The van der Waals surface area contributed by atoms with Gasteiger partial charge < -0.3 is 0 Å². The number of nitrogens with zero attached hydrogens (tertiary/aromatic N) is 2. The number of hydrogen-bond donors (Lipinski definition) is 0. The minimum Gasteiger partial charge on any atom is -0.261 e. The Morgan fingerprint density at radius 1 is 0.783 bits per heavy atom. The molecule has 3 heteroatoms. The topological polar surface area (TPSA) is 25.8 Å². The Hall–Kier alpha value is -1.27. The van der Waals surface area contributed by atoms with Gasteiger partial charge in [0.15, 0.2) is 0 Å². The molecule has 0 radical (unpaired) electrons. The molecule has 0 N–H and O–H groups in total. The molecule has 23 heavy (non-hydrogen) atoms. The Kier molecular flexibility index (Phi) is 6.58. The van der Waals surface area contributed by atoms with Crippen molar-refractivity contribution in [3.05, 3.63) is 60.2 Å². The molecule has 0 bridgehead atoms. The molecule has 3 rings (SSSR count). The lowest BCUT2D eigenvalue weighted by molar-refractivity contribution is 0.510. The third-order valence-electron chi connectivity index (χ3n) is 4.85. The fourth-order valence-corrected chi connectivity index (χ4v) is 6.61. The van der Waals surface area contributed by atoms with Crippen LogP contribution in [0, 0.1) is 0 Å². The summed E-state index contributed by atoms with van der Waals surface area (Å²) in [5, 5.41) is 0. The highest BCUT2D eigenvalue weighted by Crippen LogP contribution is 2.48. The van der Waals surface area contributed by atoms with E-state index < -0.39 is 0 Å². The van der Waals surface area contributed by atoms with Crippen LogP contribution in [0.5, 0.6) is 0 Å². The van der Waals surface area contributed by atoms with Crippen molar-refractivity contribution >= 4 is 7.92 Å². The highest BCUT2D eigenvalue weighted by atomic mass is 31.1. The molecule has 0 aliphatic heterocycles. The van der Waals surface area contributed by atoms with E-state index in [0.717, 1.165) is 18.5 Å². The second kappa shape index (κ2) is 9.13. The zero-order valence-corrected chi connectivity index (χ0v) is 14.8. The van der Waals surface area contributed by atoms with E-state index in [4.69, 9.17) is 0 Å². The Morgan fingerprint density at radius 3 is 1.83 bits per heavy atom. The van der Waals surface area contributed by atoms with Crippen LogP contribution in [0.15, 0.2) is 48.8 Å². The molecule has 122 valence electrons. The van der Waals surface area contributed by atoms with E-state index in [0.29, 0.717) is 0 Å². The molecule has 2 heterocycles. The molecule has 0 amide bonds. The van der Waals surface area contributed by atoms with E-state index in [-0.39, 0.29) is 7.92 Å². The van der Waals surface area contributed by atoms with Gasteiger partial charge in [0.05, 0.1) is 0 Å². The number of pyridine rings is 2. The molecule has 0 unspecified atom stereocenters. The minimum atomic E-state index is 0.0938. The van der Waals surface area contributed by atoms with E-state index in [2.05, 4.69) is 34.2 Å². The molecule has 0 spiro atoms. The van der Waals surface area contributed by atoms with Crippen molar-refractivity contribution in [3.63, 3.8) is 0 Å². The Balaban J connectivity index is 1.58. The van der Waals surface area contributed by atoms with E-state index in [9.17, 15) is 0 Å². The minimum absolute atomic E-state index is 0.0938. The average molecular weight is 326 g/mol. The molecule has 1 fully saturated rings. The van der Waals surface area contributed by atoms with Crippen LogP contribution in [-0.4, -0.2) is 28.0 Å². The number of aromatic nitrogens is 2. The maximum absolute atomic E-state index is 4.51. The molecule has 0 atom stereocenters. The molecule has 2 nitrogen and oxygen atoms in total. The quantitative estimate of drug-likeness (QED) is 0.663. The molecule has 2 aromatic rings. The summed E-state index contributed by atoms with van der Waals surface area (Å²) in [6, 6.07) is 12.6. The summed E-state index contributed by atoms with van der Waals surface area (Å²) in [5.74, 6) is 0. The van der Waals surface area contributed by atoms with Crippen LogP contribution in [0.1, 0.15) is 43.5 Å². The smallest absolute Gasteiger partial charge is 0.0407 e. The molecule has 1 saturated carbocycles. The first kappa shape index (κ1) is 16.6. The third kappa shape index (κ3) is 5.39. The van der Waals surface area contributed by atoms with Crippen molar-refractivity contribution in [1.82, 2.24) is 9.97 Å². The second-order valence-electron chi connectivity index (χ2n) is 6.47. The van der Waals surface area contributed by atoms with Crippen molar-refractivity contribution in [2.24, 2.45) is 0 Å². The number of aryl methyl sites for hydroxylation is 2. The van der Waals surface area contributed by atoms with Gasteiger partial charge in [-0.15, -0.1) is 7.92 Å². The lowest BCUT2D eigenvalue weighted by atomic mass is 10.0. The summed E-state index contributed by atoms with van der Waals surface area (Å²) in [7, 11) is 0.0938. The summed E-state index contributed by atoms with van der Waals surface area (Å²) < 4.78 is 0. The summed E-state index contributed by atoms with van der Waals surface area (Å²) >= 11 is 0. The fourth-order valence-electron chi connectivity index (χ4n) is 3.53. The first-order valence-electron chi connectivity index (χ1n) is 8.96. The van der Waals surface area contributed by atoms with Gasteiger partial charge in [0.25, 0.3) is 0 Å². The number of rotatable bonds is 7. The van der Waals surface area contributed by atoms with Crippen molar-refractivity contribution in [2.45, 2.75) is 50.6 Å². The summed E-state index contributed by atoms with van der Waals surface area (Å²) in [6.07, 6.45) is 16.0. The monoisotopic (exact) mass is 326 g/mol. The van der Waals surface area contributed by atoms with E-state index in [1.54, 1.807) is 0 Å². The Morgan fingerprint density at radius 2 is 1.35 bits per heavy atom. The lowest BCUT2D eigenvalue weighted by Crippen LogP contribution is -2.16. The summed E-state index contributed by atoms with van der Waals surface area (Å²) in [5.41, 5.74) is 3.49. The largest absolute Gasteiger partial charge is 0.261 e. The maximum atomic E-state index is 4.51. The summed E-state index contributed by atoms with van der Waals surface area (Å²) in [4.78, 5) is 9.02. The van der Waals surface area contributed by atoms with Crippen LogP contribution >= 0.6 is 7.92 Å². The van der Waals surface area contributed by atoms with Gasteiger partial charge in [-0.25, -0.2) is 0 Å². The number of hydrogen-bond acceptors (Lipinski definition) is 2. The van der Waals surface area contributed by atoms with Crippen LogP contribution in [0.4, 0.5) is 0 Å². The molecule has 1 aliphatic rings. The standard InChI is InChI=1S/C20H27N2P/c1-2-10-20(11-3-1)23(16-12-18-8-4-6-14-21-18)17-13-19-9-5-7-15-22-19/h4-9,14-15,20H,1-3,10-13,16-17H2. The zero-order valence-electron chi connectivity index (χ0n) is 13.9. The highest BCUT2D eigenvalue weighted by molar-refractivity contribution is 7.58. The Bertz CT molecular complexity index is 509. The van der Waals surface area contributed by atoms with E-state index >= 15 is 0 Å². The fraction of sp³-hybridized carbons (Fsp3) is 0.500. The van der Waals surface area contributed by atoms with Crippen LogP contribution < -0.4 is 0 Å². The van der Waals surface area contributed by atoms with Gasteiger partial charge in [-0.05, 0) is 67.9 Å². The van der Waals surface area contributed by atoms with Crippen molar-refractivity contribution < 1.29 is 0 Å². The molecule has 0 aromatic carbocycles. The SMILES string of the molecule is c1ccc(CCP(CCc2ccccn2)C2CCCCC2)nc1. The molecule has 1 aliphatic carbocycles. The van der Waals surface area contributed by atoms with Crippen LogP contribution in [0.25, 0.3) is 0 Å². The van der Waals surface area contributed by atoms with Gasteiger partial charge in [0, 0.05) is 23.8 Å². The van der Waals surface area contributed by atoms with Gasteiger partial charge in [-0.2, -0.15) is 0 Å². The molecule has 0 saturated heterocycles. The van der Waals surface area contributed by atoms with Gasteiger partial charge in [0.2, 0.25) is 0 Å². The normalized spacial score (nSPS) is 15.9. The molecule has 2 aromatic heterocycles. The van der Waals surface area contributed by atoms with Gasteiger partial charge in [-0.1, -0.05) is 31.4 Å². The van der Waals surface area contributed by atoms with Crippen molar-refractivity contribution in [2.75, 3.05) is 12.3 Å². The highest BCUT2D eigenvalue weighted by Gasteiger charge is 2.23. The van der Waals surface area contributed by atoms with Crippen molar-refractivity contribution in [1.29, 1.82) is 0 Å². The van der Waals surface area contributed by atoms with E-state index in [1.807, 2.05) is 24.5 Å². The molecular formula is C20H27N2P. The predicted octanol–water partition coefficient (Wildman–Crippen LogP) is 5.08. The van der Waals surface area contributed by atoms with Crippen LogP contribution in [0.2, 0.25) is 0 Å². The van der Waals surface area contributed by atoms with Gasteiger partial charge in [-0.3, -0.25) is 9.97 Å². The van der Waals surface area contributed by atoms with Crippen LogP contribution in [0.3, 0.4) is 0 Å². The average Bonchev–Trinajstić information content (AvgIpc) is 2.64. The van der Waals surface area contributed by atoms with Crippen LogP contribution in [-0.2, 0) is 12.8 Å². The third-order valence-corrected chi connectivity index (χ3v) is 8.00.